The van der Waals surface area contributed by atoms with E-state index in [1.807, 2.05) is 37.3 Å². The Kier molecular flexibility index (Phi) is 4.93. The van der Waals surface area contributed by atoms with Crippen LogP contribution in [0, 0.1) is 6.92 Å². The van der Waals surface area contributed by atoms with E-state index in [-0.39, 0.29) is 0 Å². The molecule has 0 spiro atoms. The first-order valence-corrected chi connectivity index (χ1v) is 10.5. The molecule has 0 saturated carbocycles. The average Bonchev–Trinajstić information content (AvgIpc) is 3.51. The van der Waals surface area contributed by atoms with E-state index in [9.17, 15) is 0 Å². The predicted octanol–water partition coefficient (Wildman–Crippen LogP) is 3.76. The van der Waals surface area contributed by atoms with Crippen LogP contribution < -0.4 is 0 Å². The molecule has 4 heterocycles. The average molecular weight is 393 g/mol. The van der Waals surface area contributed by atoms with E-state index in [2.05, 4.69) is 32.2 Å². The van der Waals surface area contributed by atoms with Gasteiger partial charge in [-0.2, -0.15) is 0 Å². The Morgan fingerprint density at radius 3 is 2.62 bits per heavy atom. The summed E-state index contributed by atoms with van der Waals surface area (Å²) in [5, 5.41) is 12.9. The normalized spacial score (nSPS) is 23.2. The number of aryl methyl sites for hydroxylation is 1. The SMILES string of the molecule is Cc1onc(-c2ccccc2)c1-c1nnc(CN2CCCC2C2CCCN2C)o1. The standard InChI is InChI=1S/C22H27N5O2/c1-15-20(21(25-29-15)16-8-4-3-5-9-16)22-24-23-19(28-22)14-27-13-7-11-18(27)17-10-6-12-26(17)2/h3-5,8-9,17-18H,6-7,10-14H2,1-2H3. The molecule has 5 rings (SSSR count). The van der Waals surface area contributed by atoms with Gasteiger partial charge in [0.1, 0.15) is 17.0 Å². The van der Waals surface area contributed by atoms with Crippen LogP contribution in [0.25, 0.3) is 22.7 Å². The molecule has 0 radical (unpaired) electrons. The summed E-state index contributed by atoms with van der Waals surface area (Å²) in [5.74, 6) is 1.82. The maximum Gasteiger partial charge on any atom is 0.253 e. The lowest BCUT2D eigenvalue weighted by atomic mass is 10.0. The molecule has 7 nitrogen and oxygen atoms in total. The Labute approximate surface area is 170 Å². The fourth-order valence-electron chi connectivity index (χ4n) is 4.92. The van der Waals surface area contributed by atoms with Gasteiger partial charge in [0.05, 0.1) is 6.54 Å². The van der Waals surface area contributed by atoms with Crippen LogP contribution in [-0.4, -0.2) is 57.4 Å². The lowest BCUT2D eigenvalue weighted by Gasteiger charge is -2.32. The van der Waals surface area contributed by atoms with Crippen LogP contribution in [-0.2, 0) is 6.54 Å². The largest absolute Gasteiger partial charge is 0.419 e. The van der Waals surface area contributed by atoms with Gasteiger partial charge >= 0.3 is 0 Å². The lowest BCUT2D eigenvalue weighted by Crippen LogP contribution is -2.44. The van der Waals surface area contributed by atoms with Crippen molar-refractivity contribution in [2.75, 3.05) is 20.1 Å². The molecule has 0 N–H and O–H groups in total. The summed E-state index contributed by atoms with van der Waals surface area (Å²) in [4.78, 5) is 5.03. The van der Waals surface area contributed by atoms with Crippen molar-refractivity contribution >= 4 is 0 Å². The van der Waals surface area contributed by atoms with Gasteiger partial charge in [-0.25, -0.2) is 0 Å². The first-order chi connectivity index (χ1) is 14.2. The highest BCUT2D eigenvalue weighted by Gasteiger charge is 2.36. The molecule has 0 aliphatic carbocycles. The van der Waals surface area contributed by atoms with E-state index in [4.69, 9.17) is 8.94 Å². The molecule has 29 heavy (non-hydrogen) atoms. The van der Waals surface area contributed by atoms with Gasteiger partial charge in [-0.3, -0.25) is 4.90 Å². The van der Waals surface area contributed by atoms with Crippen molar-refractivity contribution < 1.29 is 8.94 Å². The molecule has 152 valence electrons. The lowest BCUT2D eigenvalue weighted by molar-refractivity contribution is 0.138. The number of hydrogen-bond acceptors (Lipinski definition) is 7. The fraction of sp³-hybridized carbons (Fsp3) is 0.500. The summed E-state index contributed by atoms with van der Waals surface area (Å²) >= 11 is 0. The van der Waals surface area contributed by atoms with E-state index in [0.29, 0.717) is 36.2 Å². The molecule has 2 atom stereocenters. The Hall–Kier alpha value is -2.51. The molecular formula is C22H27N5O2. The Morgan fingerprint density at radius 1 is 1.03 bits per heavy atom. The number of aromatic nitrogens is 3. The molecular weight excluding hydrogens is 366 g/mol. The number of benzene rings is 1. The highest BCUT2D eigenvalue weighted by atomic mass is 16.5. The molecule has 7 heteroatoms. The van der Waals surface area contributed by atoms with E-state index in [1.54, 1.807) is 0 Å². The van der Waals surface area contributed by atoms with E-state index >= 15 is 0 Å². The Balaban J connectivity index is 1.37. The minimum Gasteiger partial charge on any atom is -0.419 e. The molecule has 2 unspecified atom stereocenters. The molecule has 2 fully saturated rings. The fourth-order valence-corrected chi connectivity index (χ4v) is 4.92. The van der Waals surface area contributed by atoms with Crippen molar-refractivity contribution in [3.8, 4) is 22.7 Å². The van der Waals surface area contributed by atoms with Crippen LogP contribution in [0.15, 0.2) is 39.3 Å². The maximum absolute atomic E-state index is 6.09. The Bertz CT molecular complexity index is 967. The van der Waals surface area contributed by atoms with Gasteiger partial charge in [0, 0.05) is 17.6 Å². The number of likely N-dealkylation sites (tertiary alicyclic amines) is 2. The number of rotatable bonds is 5. The molecule has 2 aliphatic rings. The van der Waals surface area contributed by atoms with E-state index in [1.165, 1.54) is 32.2 Å². The van der Waals surface area contributed by atoms with Crippen molar-refractivity contribution in [1.82, 2.24) is 25.2 Å². The monoisotopic (exact) mass is 393 g/mol. The van der Waals surface area contributed by atoms with Gasteiger partial charge in [-0.05, 0) is 52.7 Å². The van der Waals surface area contributed by atoms with Crippen molar-refractivity contribution in [3.63, 3.8) is 0 Å². The quantitative estimate of drug-likeness (QED) is 0.653. The van der Waals surface area contributed by atoms with Crippen LogP contribution in [0.4, 0.5) is 0 Å². The van der Waals surface area contributed by atoms with Gasteiger partial charge in [0.15, 0.2) is 0 Å². The second-order valence-corrected chi connectivity index (χ2v) is 8.20. The van der Waals surface area contributed by atoms with Crippen molar-refractivity contribution in [2.24, 2.45) is 0 Å². The third-order valence-corrected chi connectivity index (χ3v) is 6.36. The predicted molar refractivity (Wildman–Crippen MR) is 109 cm³/mol. The molecule has 2 aromatic heterocycles. The van der Waals surface area contributed by atoms with Crippen LogP contribution in [0.1, 0.15) is 37.3 Å². The highest BCUT2D eigenvalue weighted by Crippen LogP contribution is 2.34. The third kappa shape index (κ3) is 3.49. The Morgan fingerprint density at radius 2 is 1.83 bits per heavy atom. The van der Waals surface area contributed by atoms with Crippen molar-refractivity contribution in [2.45, 2.75) is 51.2 Å². The summed E-state index contributed by atoms with van der Waals surface area (Å²) in [6.07, 6.45) is 5.07. The zero-order chi connectivity index (χ0) is 19.8. The van der Waals surface area contributed by atoms with Crippen molar-refractivity contribution in [3.05, 3.63) is 42.0 Å². The van der Waals surface area contributed by atoms with E-state index < -0.39 is 0 Å². The van der Waals surface area contributed by atoms with Crippen LogP contribution in [0.3, 0.4) is 0 Å². The molecule has 2 aliphatic heterocycles. The smallest absolute Gasteiger partial charge is 0.253 e. The third-order valence-electron chi connectivity index (χ3n) is 6.36. The summed E-state index contributed by atoms with van der Waals surface area (Å²) in [7, 11) is 2.25. The zero-order valence-corrected chi connectivity index (χ0v) is 17.0. The summed E-state index contributed by atoms with van der Waals surface area (Å²) in [6.45, 7) is 4.88. The van der Waals surface area contributed by atoms with Crippen LogP contribution >= 0.6 is 0 Å². The molecule has 0 amide bonds. The molecule has 0 bridgehead atoms. The van der Waals surface area contributed by atoms with Gasteiger partial charge in [-0.15, -0.1) is 10.2 Å². The topological polar surface area (TPSA) is 71.4 Å². The van der Waals surface area contributed by atoms with Crippen LogP contribution in [0.5, 0.6) is 0 Å². The molecule has 1 aromatic carbocycles. The minimum atomic E-state index is 0.478. The first-order valence-electron chi connectivity index (χ1n) is 10.5. The van der Waals surface area contributed by atoms with E-state index in [0.717, 1.165) is 23.4 Å². The number of hydrogen-bond donors (Lipinski definition) is 0. The molecule has 2 saturated heterocycles. The second-order valence-electron chi connectivity index (χ2n) is 8.20. The van der Waals surface area contributed by atoms with Crippen LogP contribution in [0.2, 0.25) is 0 Å². The minimum absolute atomic E-state index is 0.478. The number of nitrogens with zero attached hydrogens (tertiary/aromatic N) is 5. The first kappa shape index (κ1) is 18.5. The maximum atomic E-state index is 6.09. The molecule has 3 aromatic rings. The summed E-state index contributed by atoms with van der Waals surface area (Å²) < 4.78 is 11.5. The number of likely N-dealkylation sites (N-methyl/N-ethyl adjacent to an activating group) is 1. The van der Waals surface area contributed by atoms with Gasteiger partial charge in [0.2, 0.25) is 5.89 Å². The van der Waals surface area contributed by atoms with Gasteiger partial charge in [-0.1, -0.05) is 35.5 Å². The highest BCUT2D eigenvalue weighted by molar-refractivity contribution is 5.77. The van der Waals surface area contributed by atoms with Crippen molar-refractivity contribution in [1.29, 1.82) is 0 Å². The summed E-state index contributed by atoms with van der Waals surface area (Å²) in [5.41, 5.74) is 2.50. The van der Waals surface area contributed by atoms with Gasteiger partial charge < -0.3 is 13.8 Å². The van der Waals surface area contributed by atoms with Gasteiger partial charge in [0.25, 0.3) is 5.89 Å². The zero-order valence-electron chi connectivity index (χ0n) is 17.0. The second kappa shape index (κ2) is 7.72. The summed E-state index contributed by atoms with van der Waals surface area (Å²) in [6, 6.07) is 11.2.